The summed E-state index contributed by atoms with van der Waals surface area (Å²) < 4.78 is 5.52. The molecule has 0 saturated heterocycles. The molecule has 1 N–H and O–H groups in total. The number of non-ortho nitro benzene ring substituents is 1. The minimum Gasteiger partial charge on any atom is -0.377 e. The highest BCUT2D eigenvalue weighted by Crippen LogP contribution is 2.32. The number of hydrogen-bond donors (Lipinski definition) is 1. The smallest absolute Gasteiger partial charge is 0.278 e. The highest BCUT2D eigenvalue weighted by atomic mass is 16.6. The largest absolute Gasteiger partial charge is 0.377 e. The average Bonchev–Trinajstić information content (AvgIpc) is 2.97. The van der Waals surface area contributed by atoms with E-state index in [9.17, 15) is 19.7 Å². The van der Waals surface area contributed by atoms with E-state index in [1.807, 2.05) is 38.1 Å². The van der Waals surface area contributed by atoms with Gasteiger partial charge in [-0.15, -0.1) is 0 Å². The van der Waals surface area contributed by atoms with Gasteiger partial charge in [0.2, 0.25) is 0 Å². The Morgan fingerprint density at radius 3 is 2.12 bits per heavy atom. The third-order valence-corrected chi connectivity index (χ3v) is 5.32. The van der Waals surface area contributed by atoms with Gasteiger partial charge in [-0.1, -0.05) is 32.9 Å². The van der Waals surface area contributed by atoms with E-state index < -0.39 is 16.7 Å². The number of nitrogens with zero attached hydrogens (tertiary/aromatic N) is 2. The Labute approximate surface area is 193 Å². The van der Waals surface area contributed by atoms with Gasteiger partial charge in [0, 0.05) is 17.8 Å². The van der Waals surface area contributed by atoms with Gasteiger partial charge in [0.1, 0.15) is 5.70 Å². The summed E-state index contributed by atoms with van der Waals surface area (Å²) in [4.78, 5) is 38.1. The number of imide groups is 1. The number of anilines is 1. The molecular weight excluding hydrogens is 422 g/mol. The second kappa shape index (κ2) is 9.54. The molecule has 174 valence electrons. The van der Waals surface area contributed by atoms with Crippen molar-refractivity contribution < 1.29 is 19.2 Å². The average molecular weight is 452 g/mol. The minimum absolute atomic E-state index is 0.0198. The molecule has 1 aliphatic rings. The molecule has 0 bridgehead atoms. The minimum atomic E-state index is -0.509. The Kier molecular flexibility index (Phi) is 6.98. The molecule has 8 heteroatoms. The van der Waals surface area contributed by atoms with Crippen LogP contribution in [-0.2, 0) is 19.7 Å². The maximum Gasteiger partial charge on any atom is 0.278 e. The van der Waals surface area contributed by atoms with Crippen molar-refractivity contribution in [2.75, 3.05) is 18.5 Å². The van der Waals surface area contributed by atoms with E-state index in [1.165, 1.54) is 24.3 Å². The summed E-state index contributed by atoms with van der Waals surface area (Å²) in [5.74, 6) is -0.921. The van der Waals surface area contributed by atoms with Crippen molar-refractivity contribution in [1.29, 1.82) is 0 Å². The van der Waals surface area contributed by atoms with Crippen molar-refractivity contribution in [3.05, 3.63) is 75.5 Å². The first kappa shape index (κ1) is 24.1. The standard InChI is InChI=1S/C25H29N3O5/c1-16(2)33-15-14-27-23(29)21(17-6-12-20(13-7-17)28(31)32)22(24(27)30)26-19-10-8-18(9-11-19)25(3,4)5/h6-13,16,26H,14-15H2,1-5H3. The second-order valence-corrected chi connectivity index (χ2v) is 9.19. The molecule has 0 aromatic heterocycles. The number of benzene rings is 2. The molecule has 1 aliphatic heterocycles. The van der Waals surface area contributed by atoms with Crippen molar-refractivity contribution in [3.63, 3.8) is 0 Å². The Bertz CT molecular complexity index is 1080. The molecule has 1 heterocycles. The van der Waals surface area contributed by atoms with E-state index in [1.54, 1.807) is 0 Å². The number of hydrogen-bond acceptors (Lipinski definition) is 6. The Balaban J connectivity index is 1.96. The molecular formula is C25H29N3O5. The molecule has 8 nitrogen and oxygen atoms in total. The predicted octanol–water partition coefficient (Wildman–Crippen LogP) is 4.51. The zero-order chi connectivity index (χ0) is 24.3. The predicted molar refractivity (Wildman–Crippen MR) is 127 cm³/mol. The normalized spacial score (nSPS) is 14.4. The summed E-state index contributed by atoms with van der Waals surface area (Å²) >= 11 is 0. The summed E-state index contributed by atoms with van der Waals surface area (Å²) in [5.41, 5.74) is 2.44. The van der Waals surface area contributed by atoms with Crippen LogP contribution in [0.1, 0.15) is 45.7 Å². The van der Waals surface area contributed by atoms with E-state index in [0.29, 0.717) is 11.3 Å². The molecule has 33 heavy (non-hydrogen) atoms. The van der Waals surface area contributed by atoms with Crippen LogP contribution in [0.15, 0.2) is 54.2 Å². The third kappa shape index (κ3) is 5.46. The molecule has 0 aliphatic carbocycles. The zero-order valence-corrected chi connectivity index (χ0v) is 19.5. The zero-order valence-electron chi connectivity index (χ0n) is 19.5. The molecule has 2 amide bonds. The summed E-state index contributed by atoms with van der Waals surface area (Å²) in [6, 6.07) is 13.3. The number of ether oxygens (including phenoxy) is 1. The van der Waals surface area contributed by atoms with Crippen LogP contribution in [0.25, 0.3) is 5.57 Å². The van der Waals surface area contributed by atoms with Crippen LogP contribution < -0.4 is 5.32 Å². The second-order valence-electron chi connectivity index (χ2n) is 9.19. The van der Waals surface area contributed by atoms with Gasteiger partial charge < -0.3 is 10.1 Å². The lowest BCUT2D eigenvalue weighted by Crippen LogP contribution is -2.35. The van der Waals surface area contributed by atoms with Crippen LogP contribution in [0.2, 0.25) is 0 Å². The number of amides is 2. The van der Waals surface area contributed by atoms with Crippen molar-refractivity contribution in [2.45, 2.75) is 46.1 Å². The van der Waals surface area contributed by atoms with Gasteiger partial charge in [0.05, 0.1) is 29.8 Å². The van der Waals surface area contributed by atoms with E-state index in [0.717, 1.165) is 10.5 Å². The van der Waals surface area contributed by atoms with Gasteiger partial charge in [0.15, 0.2) is 0 Å². The molecule has 0 fully saturated rings. The Hall–Kier alpha value is -3.52. The van der Waals surface area contributed by atoms with Crippen molar-refractivity contribution >= 4 is 28.8 Å². The summed E-state index contributed by atoms with van der Waals surface area (Å²) in [7, 11) is 0. The molecule has 0 unspecified atom stereocenters. The number of nitrogens with one attached hydrogen (secondary N) is 1. The summed E-state index contributed by atoms with van der Waals surface area (Å²) in [5, 5.41) is 14.1. The fraction of sp³-hybridized carbons (Fsp3) is 0.360. The molecule has 2 aromatic carbocycles. The van der Waals surface area contributed by atoms with E-state index in [-0.39, 0.29) is 41.6 Å². The Morgan fingerprint density at radius 2 is 1.61 bits per heavy atom. The van der Waals surface area contributed by atoms with Gasteiger partial charge in [0.25, 0.3) is 17.5 Å². The molecule has 0 atom stereocenters. The van der Waals surface area contributed by atoms with Gasteiger partial charge in [-0.25, -0.2) is 0 Å². The maximum atomic E-state index is 13.2. The lowest BCUT2D eigenvalue weighted by Gasteiger charge is -2.19. The number of nitro groups is 1. The van der Waals surface area contributed by atoms with Crippen LogP contribution in [0.4, 0.5) is 11.4 Å². The van der Waals surface area contributed by atoms with Gasteiger partial charge in [-0.05, 0) is 54.7 Å². The lowest BCUT2D eigenvalue weighted by atomic mass is 9.87. The molecule has 3 rings (SSSR count). The SMILES string of the molecule is CC(C)OCCN1C(=O)C(Nc2ccc(C(C)(C)C)cc2)=C(c2ccc([N+](=O)[O-])cc2)C1=O. The number of rotatable bonds is 8. The van der Waals surface area contributed by atoms with Crippen LogP contribution >= 0.6 is 0 Å². The fourth-order valence-corrected chi connectivity index (χ4v) is 3.49. The van der Waals surface area contributed by atoms with Crippen molar-refractivity contribution in [3.8, 4) is 0 Å². The molecule has 0 spiro atoms. The van der Waals surface area contributed by atoms with Crippen LogP contribution in [-0.4, -0.2) is 40.9 Å². The molecule has 0 radical (unpaired) electrons. The van der Waals surface area contributed by atoms with E-state index in [4.69, 9.17) is 4.74 Å². The highest BCUT2D eigenvalue weighted by molar-refractivity contribution is 6.36. The number of nitro benzene ring substituents is 1. The number of carbonyl (C=O) groups is 2. The van der Waals surface area contributed by atoms with E-state index in [2.05, 4.69) is 26.1 Å². The molecule has 0 saturated carbocycles. The van der Waals surface area contributed by atoms with E-state index >= 15 is 0 Å². The van der Waals surface area contributed by atoms with Crippen LogP contribution in [0.5, 0.6) is 0 Å². The number of carbonyl (C=O) groups excluding carboxylic acids is 2. The molecule has 2 aromatic rings. The van der Waals surface area contributed by atoms with Crippen LogP contribution in [0.3, 0.4) is 0 Å². The first-order valence-electron chi connectivity index (χ1n) is 10.8. The highest BCUT2D eigenvalue weighted by Gasteiger charge is 2.39. The monoisotopic (exact) mass is 451 g/mol. The van der Waals surface area contributed by atoms with Gasteiger partial charge in [-0.2, -0.15) is 0 Å². The quantitative estimate of drug-likeness (QED) is 0.360. The maximum absolute atomic E-state index is 13.2. The topological polar surface area (TPSA) is 102 Å². The first-order chi connectivity index (χ1) is 15.5. The van der Waals surface area contributed by atoms with Crippen LogP contribution in [0, 0.1) is 10.1 Å². The first-order valence-corrected chi connectivity index (χ1v) is 10.8. The lowest BCUT2D eigenvalue weighted by molar-refractivity contribution is -0.384. The van der Waals surface area contributed by atoms with Gasteiger partial charge >= 0.3 is 0 Å². The summed E-state index contributed by atoms with van der Waals surface area (Å²) in [6.07, 6.45) is -0.0289. The van der Waals surface area contributed by atoms with Gasteiger partial charge in [-0.3, -0.25) is 24.6 Å². The van der Waals surface area contributed by atoms with Crippen molar-refractivity contribution in [2.24, 2.45) is 0 Å². The third-order valence-electron chi connectivity index (χ3n) is 5.32. The van der Waals surface area contributed by atoms with Crippen molar-refractivity contribution in [1.82, 2.24) is 4.90 Å². The fourth-order valence-electron chi connectivity index (χ4n) is 3.49. The summed E-state index contributed by atoms with van der Waals surface area (Å²) in [6.45, 7) is 10.4. The Morgan fingerprint density at radius 1 is 1.00 bits per heavy atom.